The predicted molar refractivity (Wildman–Crippen MR) is 118 cm³/mol. The predicted octanol–water partition coefficient (Wildman–Crippen LogP) is 4.82. The van der Waals surface area contributed by atoms with Crippen LogP contribution in [0.5, 0.6) is 11.5 Å². The summed E-state index contributed by atoms with van der Waals surface area (Å²) >= 11 is 0. The number of hydrogen-bond donors (Lipinski definition) is 1. The topological polar surface area (TPSA) is 53.0 Å². The van der Waals surface area contributed by atoms with E-state index in [9.17, 15) is 23.1 Å². The highest BCUT2D eigenvalue weighted by atomic mass is 19.4. The first kappa shape index (κ1) is 23.4. The maximum Gasteiger partial charge on any atom is 0.416 e. The van der Waals surface area contributed by atoms with Crippen molar-refractivity contribution in [1.29, 1.82) is 0 Å². The second kappa shape index (κ2) is 9.63. The number of amides is 1. The van der Waals surface area contributed by atoms with Crippen LogP contribution in [0.2, 0.25) is 0 Å². The molecule has 5 nitrogen and oxygen atoms in total. The minimum absolute atomic E-state index is 0.0157. The molecule has 2 aromatic carbocycles. The second-order valence-electron chi connectivity index (χ2n) is 8.84. The Labute approximate surface area is 191 Å². The summed E-state index contributed by atoms with van der Waals surface area (Å²) in [5.41, 5.74) is 0.868. The largest absolute Gasteiger partial charge is 0.504 e. The van der Waals surface area contributed by atoms with Crippen LogP contribution in [0.1, 0.15) is 42.9 Å². The third kappa shape index (κ3) is 5.43. The first-order valence-corrected chi connectivity index (χ1v) is 11.4. The van der Waals surface area contributed by atoms with Crippen molar-refractivity contribution < 1.29 is 27.8 Å². The van der Waals surface area contributed by atoms with Crippen LogP contribution in [-0.2, 0) is 24.1 Å². The van der Waals surface area contributed by atoms with E-state index >= 15 is 0 Å². The fraction of sp³-hybridized carbons (Fsp3) is 0.480. The lowest BCUT2D eigenvalue weighted by Gasteiger charge is -2.47. The number of carbonyl (C=O) groups is 1. The molecule has 4 rings (SSSR count). The molecule has 2 heterocycles. The van der Waals surface area contributed by atoms with Gasteiger partial charge < -0.3 is 14.7 Å². The SMILES string of the molecule is CCOc1cc(CN2CC[C@@H]3[C@@H](CCC(=O)N3Cc3cccc(C(F)(F)F)c3)C2)ccc1O. The summed E-state index contributed by atoms with van der Waals surface area (Å²) in [7, 11) is 0. The van der Waals surface area contributed by atoms with Crippen molar-refractivity contribution in [1.82, 2.24) is 9.80 Å². The molecule has 1 N–H and O–H groups in total. The molecule has 2 aliphatic heterocycles. The van der Waals surface area contributed by atoms with Crippen LogP contribution in [0.4, 0.5) is 13.2 Å². The Kier molecular flexibility index (Phi) is 6.83. The smallest absolute Gasteiger partial charge is 0.416 e. The van der Waals surface area contributed by atoms with Gasteiger partial charge in [0, 0.05) is 38.6 Å². The highest BCUT2D eigenvalue weighted by Crippen LogP contribution is 2.35. The van der Waals surface area contributed by atoms with Crippen molar-refractivity contribution in [2.45, 2.75) is 51.5 Å². The summed E-state index contributed by atoms with van der Waals surface area (Å²) in [4.78, 5) is 16.8. The van der Waals surface area contributed by atoms with Gasteiger partial charge in [0.05, 0.1) is 12.2 Å². The fourth-order valence-corrected chi connectivity index (χ4v) is 5.00. The number of phenols is 1. The number of hydrogen-bond acceptors (Lipinski definition) is 4. The molecule has 8 heteroatoms. The van der Waals surface area contributed by atoms with E-state index in [0.29, 0.717) is 30.9 Å². The number of phenolic OH excluding ortho intramolecular Hbond substituents is 1. The third-order valence-electron chi connectivity index (χ3n) is 6.57. The van der Waals surface area contributed by atoms with E-state index in [2.05, 4.69) is 4.90 Å². The van der Waals surface area contributed by atoms with Crippen molar-refractivity contribution in [2.24, 2.45) is 5.92 Å². The average Bonchev–Trinajstić information content (AvgIpc) is 2.78. The summed E-state index contributed by atoms with van der Waals surface area (Å²) in [6.45, 7) is 4.87. The third-order valence-corrected chi connectivity index (χ3v) is 6.57. The number of fused-ring (bicyclic) bond motifs is 1. The lowest BCUT2D eigenvalue weighted by Crippen LogP contribution is -2.55. The van der Waals surface area contributed by atoms with Gasteiger partial charge in [-0.3, -0.25) is 9.69 Å². The van der Waals surface area contributed by atoms with E-state index in [0.717, 1.165) is 43.6 Å². The molecule has 2 aromatic rings. The minimum Gasteiger partial charge on any atom is -0.504 e. The van der Waals surface area contributed by atoms with E-state index in [-0.39, 0.29) is 30.2 Å². The van der Waals surface area contributed by atoms with Gasteiger partial charge in [0.15, 0.2) is 11.5 Å². The fourth-order valence-electron chi connectivity index (χ4n) is 5.00. The molecule has 2 aliphatic rings. The van der Waals surface area contributed by atoms with E-state index in [1.165, 1.54) is 6.07 Å². The highest BCUT2D eigenvalue weighted by molar-refractivity contribution is 5.77. The van der Waals surface area contributed by atoms with Crippen molar-refractivity contribution in [3.8, 4) is 11.5 Å². The number of piperidine rings is 2. The first-order valence-electron chi connectivity index (χ1n) is 11.4. The normalized spacial score (nSPS) is 21.7. The summed E-state index contributed by atoms with van der Waals surface area (Å²) in [6.07, 6.45) is -2.40. The van der Waals surface area contributed by atoms with Gasteiger partial charge in [-0.25, -0.2) is 0 Å². The van der Waals surface area contributed by atoms with Crippen LogP contribution >= 0.6 is 0 Å². The number of rotatable bonds is 6. The van der Waals surface area contributed by atoms with E-state index in [1.807, 2.05) is 19.1 Å². The van der Waals surface area contributed by atoms with Crippen LogP contribution in [0.25, 0.3) is 0 Å². The molecule has 0 aliphatic carbocycles. The Morgan fingerprint density at radius 3 is 2.64 bits per heavy atom. The number of alkyl halides is 3. The molecule has 2 fully saturated rings. The number of nitrogens with zero attached hydrogens (tertiary/aromatic N) is 2. The van der Waals surface area contributed by atoms with Crippen molar-refractivity contribution in [3.05, 3.63) is 59.2 Å². The Morgan fingerprint density at radius 2 is 1.88 bits per heavy atom. The molecular weight excluding hydrogens is 433 g/mol. The van der Waals surface area contributed by atoms with Gasteiger partial charge in [-0.05, 0) is 61.1 Å². The molecule has 0 unspecified atom stereocenters. The molecule has 2 saturated heterocycles. The van der Waals surface area contributed by atoms with Gasteiger partial charge >= 0.3 is 6.18 Å². The monoisotopic (exact) mass is 462 g/mol. The Hall–Kier alpha value is -2.74. The van der Waals surface area contributed by atoms with Gasteiger partial charge in [0.2, 0.25) is 5.91 Å². The van der Waals surface area contributed by atoms with E-state index in [1.54, 1.807) is 17.0 Å². The van der Waals surface area contributed by atoms with Gasteiger partial charge in [-0.15, -0.1) is 0 Å². The number of carbonyl (C=O) groups excluding carboxylic acids is 1. The van der Waals surface area contributed by atoms with Crippen LogP contribution in [-0.4, -0.2) is 46.6 Å². The van der Waals surface area contributed by atoms with Crippen LogP contribution in [0, 0.1) is 5.92 Å². The van der Waals surface area contributed by atoms with Gasteiger partial charge in [0.1, 0.15) is 0 Å². The maximum absolute atomic E-state index is 13.1. The zero-order chi connectivity index (χ0) is 23.6. The highest BCUT2D eigenvalue weighted by Gasteiger charge is 2.39. The van der Waals surface area contributed by atoms with Crippen molar-refractivity contribution in [2.75, 3.05) is 19.7 Å². The molecule has 33 heavy (non-hydrogen) atoms. The van der Waals surface area contributed by atoms with Gasteiger partial charge in [-0.1, -0.05) is 18.2 Å². The van der Waals surface area contributed by atoms with E-state index in [4.69, 9.17) is 4.74 Å². The summed E-state index contributed by atoms with van der Waals surface area (Å²) in [5.74, 6) is 0.892. The molecule has 0 spiro atoms. The number of aromatic hydroxyl groups is 1. The zero-order valence-corrected chi connectivity index (χ0v) is 18.6. The van der Waals surface area contributed by atoms with Gasteiger partial charge in [-0.2, -0.15) is 13.2 Å². The minimum atomic E-state index is -4.40. The summed E-state index contributed by atoms with van der Waals surface area (Å²) < 4.78 is 44.8. The van der Waals surface area contributed by atoms with Crippen LogP contribution in [0.15, 0.2) is 42.5 Å². The first-order chi connectivity index (χ1) is 15.7. The summed E-state index contributed by atoms with van der Waals surface area (Å²) in [5, 5.41) is 9.92. The molecular formula is C25H29F3N2O3. The Balaban J connectivity index is 1.43. The Bertz CT molecular complexity index is 995. The van der Waals surface area contributed by atoms with Crippen LogP contribution < -0.4 is 4.74 Å². The molecule has 178 valence electrons. The zero-order valence-electron chi connectivity index (χ0n) is 18.6. The molecule has 0 radical (unpaired) electrons. The lowest BCUT2D eigenvalue weighted by atomic mass is 9.83. The second-order valence-corrected chi connectivity index (χ2v) is 8.84. The summed E-state index contributed by atoms with van der Waals surface area (Å²) in [6, 6.07) is 10.7. The maximum atomic E-state index is 13.1. The van der Waals surface area contributed by atoms with Crippen LogP contribution in [0.3, 0.4) is 0 Å². The Morgan fingerprint density at radius 1 is 1.09 bits per heavy atom. The quantitative estimate of drug-likeness (QED) is 0.669. The molecule has 0 saturated carbocycles. The molecule has 0 bridgehead atoms. The van der Waals surface area contributed by atoms with Crippen molar-refractivity contribution in [3.63, 3.8) is 0 Å². The number of ether oxygens (including phenoxy) is 1. The van der Waals surface area contributed by atoms with Gasteiger partial charge in [0.25, 0.3) is 0 Å². The number of halogens is 3. The molecule has 0 aromatic heterocycles. The van der Waals surface area contributed by atoms with Crippen molar-refractivity contribution >= 4 is 5.91 Å². The lowest BCUT2D eigenvalue weighted by molar-refractivity contribution is -0.142. The average molecular weight is 463 g/mol. The van der Waals surface area contributed by atoms with E-state index < -0.39 is 11.7 Å². The molecule has 1 amide bonds. The molecule has 2 atom stereocenters. The number of benzene rings is 2. The standard InChI is InChI=1S/C25H29F3N2O3/c1-2-33-23-13-18(6-8-22(23)31)14-29-11-10-21-19(16-29)7-9-24(32)30(21)15-17-4-3-5-20(12-17)25(26,27)28/h3-6,8,12-13,19,21,31H,2,7,9-11,14-16H2,1H3/t19-,21+/m0/s1. The number of likely N-dealkylation sites (tertiary alicyclic amines) is 2.